The SMILES string of the molecule is CC(C)[C@@H]1[C@H]2CCC(C2)N1C(C)C. The summed E-state index contributed by atoms with van der Waals surface area (Å²) in [7, 11) is 0. The molecule has 0 radical (unpaired) electrons. The van der Waals surface area contributed by atoms with Gasteiger partial charge in [0.25, 0.3) is 0 Å². The van der Waals surface area contributed by atoms with Gasteiger partial charge in [-0.1, -0.05) is 13.8 Å². The van der Waals surface area contributed by atoms with Crippen molar-refractivity contribution >= 4 is 0 Å². The van der Waals surface area contributed by atoms with Gasteiger partial charge >= 0.3 is 0 Å². The third kappa shape index (κ3) is 1.41. The van der Waals surface area contributed by atoms with E-state index in [0.717, 1.165) is 30.0 Å². The van der Waals surface area contributed by atoms with Crippen LogP contribution in [0.25, 0.3) is 0 Å². The van der Waals surface area contributed by atoms with E-state index in [1.54, 1.807) is 0 Å². The number of hydrogen-bond acceptors (Lipinski definition) is 1. The van der Waals surface area contributed by atoms with Gasteiger partial charge in [-0.25, -0.2) is 0 Å². The molecule has 1 saturated heterocycles. The van der Waals surface area contributed by atoms with E-state index in [1.165, 1.54) is 19.3 Å². The molecule has 0 aromatic carbocycles. The molecule has 0 spiro atoms. The van der Waals surface area contributed by atoms with Crippen molar-refractivity contribution in [3.63, 3.8) is 0 Å². The Balaban J connectivity index is 2.15. The molecular formula is C12H23N. The van der Waals surface area contributed by atoms with Crippen molar-refractivity contribution in [2.45, 2.75) is 65.1 Å². The smallest absolute Gasteiger partial charge is 0.0153 e. The van der Waals surface area contributed by atoms with E-state index < -0.39 is 0 Å². The van der Waals surface area contributed by atoms with E-state index >= 15 is 0 Å². The summed E-state index contributed by atoms with van der Waals surface area (Å²) in [6, 6.07) is 2.57. The molecule has 1 nitrogen and oxygen atoms in total. The van der Waals surface area contributed by atoms with Gasteiger partial charge in [0.2, 0.25) is 0 Å². The highest BCUT2D eigenvalue weighted by Crippen LogP contribution is 2.45. The lowest BCUT2D eigenvalue weighted by Gasteiger charge is -2.40. The summed E-state index contributed by atoms with van der Waals surface area (Å²) < 4.78 is 0. The summed E-state index contributed by atoms with van der Waals surface area (Å²) in [4.78, 5) is 2.79. The van der Waals surface area contributed by atoms with Crippen LogP contribution >= 0.6 is 0 Å². The molecule has 2 fully saturated rings. The first kappa shape index (κ1) is 9.51. The normalized spacial score (nSPS) is 39.7. The Labute approximate surface area is 82.5 Å². The van der Waals surface area contributed by atoms with Gasteiger partial charge in [-0.3, -0.25) is 4.90 Å². The molecule has 1 aliphatic heterocycles. The molecule has 2 aliphatic rings. The summed E-state index contributed by atoms with van der Waals surface area (Å²) in [5.41, 5.74) is 0. The zero-order valence-electron chi connectivity index (χ0n) is 9.46. The maximum Gasteiger partial charge on any atom is 0.0153 e. The average molecular weight is 181 g/mol. The second kappa shape index (κ2) is 3.27. The summed E-state index contributed by atoms with van der Waals surface area (Å²) in [6.07, 6.45) is 4.45. The zero-order valence-corrected chi connectivity index (χ0v) is 9.46. The van der Waals surface area contributed by atoms with E-state index in [1.807, 2.05) is 0 Å². The van der Waals surface area contributed by atoms with Crippen molar-refractivity contribution in [3.05, 3.63) is 0 Å². The molecule has 0 N–H and O–H groups in total. The highest BCUT2D eigenvalue weighted by atomic mass is 15.3. The highest BCUT2D eigenvalue weighted by Gasteiger charge is 2.47. The maximum atomic E-state index is 2.79. The van der Waals surface area contributed by atoms with Crippen LogP contribution in [0.1, 0.15) is 47.0 Å². The van der Waals surface area contributed by atoms with Gasteiger partial charge < -0.3 is 0 Å². The Hall–Kier alpha value is -0.0400. The lowest BCUT2D eigenvalue weighted by Crippen LogP contribution is -2.47. The lowest BCUT2D eigenvalue weighted by molar-refractivity contribution is 0.0732. The minimum Gasteiger partial charge on any atom is -0.295 e. The number of hydrogen-bond donors (Lipinski definition) is 0. The largest absolute Gasteiger partial charge is 0.295 e. The first-order valence-corrected chi connectivity index (χ1v) is 5.88. The van der Waals surface area contributed by atoms with Crippen molar-refractivity contribution in [1.82, 2.24) is 4.90 Å². The maximum absolute atomic E-state index is 2.79. The van der Waals surface area contributed by atoms with Gasteiger partial charge in [0.15, 0.2) is 0 Å². The van der Waals surface area contributed by atoms with E-state index in [9.17, 15) is 0 Å². The molecule has 1 heteroatoms. The molecule has 2 rings (SSSR count). The molecule has 1 saturated carbocycles. The van der Waals surface area contributed by atoms with Gasteiger partial charge in [-0.15, -0.1) is 0 Å². The number of nitrogens with zero attached hydrogens (tertiary/aromatic N) is 1. The van der Waals surface area contributed by atoms with Crippen LogP contribution in [0.5, 0.6) is 0 Å². The van der Waals surface area contributed by atoms with Gasteiger partial charge in [-0.2, -0.15) is 0 Å². The van der Waals surface area contributed by atoms with Crippen molar-refractivity contribution in [1.29, 1.82) is 0 Å². The van der Waals surface area contributed by atoms with Crippen molar-refractivity contribution < 1.29 is 0 Å². The molecule has 1 heterocycles. The molecule has 1 unspecified atom stereocenters. The van der Waals surface area contributed by atoms with Crippen LogP contribution < -0.4 is 0 Å². The summed E-state index contributed by atoms with van der Waals surface area (Å²) >= 11 is 0. The van der Waals surface area contributed by atoms with Crippen molar-refractivity contribution in [2.24, 2.45) is 11.8 Å². The first-order chi connectivity index (χ1) is 6.11. The molecule has 0 aromatic heterocycles. The molecule has 1 aliphatic carbocycles. The van der Waals surface area contributed by atoms with Gasteiger partial charge in [0, 0.05) is 18.1 Å². The Morgan fingerprint density at radius 2 is 1.77 bits per heavy atom. The monoisotopic (exact) mass is 181 g/mol. The topological polar surface area (TPSA) is 3.24 Å². The van der Waals surface area contributed by atoms with E-state index in [0.29, 0.717) is 0 Å². The molecule has 76 valence electrons. The third-order valence-electron chi connectivity index (χ3n) is 3.97. The number of rotatable bonds is 2. The van der Waals surface area contributed by atoms with Crippen LogP contribution in [0.4, 0.5) is 0 Å². The second-order valence-corrected chi connectivity index (χ2v) is 5.50. The lowest BCUT2D eigenvalue weighted by atomic mass is 9.89. The van der Waals surface area contributed by atoms with Gasteiger partial charge in [0.05, 0.1) is 0 Å². The highest BCUT2D eigenvalue weighted by molar-refractivity contribution is 5.01. The van der Waals surface area contributed by atoms with Crippen LogP contribution in [0, 0.1) is 11.8 Å². The Morgan fingerprint density at radius 1 is 1.08 bits per heavy atom. The minimum absolute atomic E-state index is 0.752. The van der Waals surface area contributed by atoms with Crippen molar-refractivity contribution in [3.8, 4) is 0 Å². The second-order valence-electron chi connectivity index (χ2n) is 5.50. The van der Waals surface area contributed by atoms with Gasteiger partial charge in [-0.05, 0) is 44.9 Å². The minimum atomic E-state index is 0.752. The van der Waals surface area contributed by atoms with Crippen LogP contribution in [0.3, 0.4) is 0 Å². The Kier molecular flexibility index (Phi) is 2.39. The molecule has 13 heavy (non-hydrogen) atoms. The summed E-state index contributed by atoms with van der Waals surface area (Å²) in [5.74, 6) is 1.87. The predicted octanol–water partition coefficient (Wildman–Crippen LogP) is 2.90. The van der Waals surface area contributed by atoms with Crippen LogP contribution in [-0.4, -0.2) is 23.0 Å². The van der Waals surface area contributed by atoms with Crippen LogP contribution in [0.15, 0.2) is 0 Å². The molecule has 0 amide bonds. The molecule has 0 aromatic rings. The molecular weight excluding hydrogens is 158 g/mol. The molecule has 3 atom stereocenters. The summed E-state index contributed by atoms with van der Waals surface area (Å²) in [6.45, 7) is 9.49. The van der Waals surface area contributed by atoms with E-state index in [-0.39, 0.29) is 0 Å². The van der Waals surface area contributed by atoms with E-state index in [4.69, 9.17) is 0 Å². The molecule has 2 bridgehead atoms. The standard InChI is InChI=1S/C12H23N/c1-8(2)12-10-5-6-11(7-10)13(12)9(3)4/h8-12H,5-7H2,1-4H3/t10-,11?,12+/m0/s1. The number of fused-ring (bicyclic) bond motifs is 2. The third-order valence-corrected chi connectivity index (χ3v) is 3.97. The fraction of sp³-hybridized carbons (Fsp3) is 1.00. The average Bonchev–Trinajstić information content (AvgIpc) is 2.60. The summed E-state index contributed by atoms with van der Waals surface area (Å²) in [5, 5.41) is 0. The Morgan fingerprint density at radius 3 is 2.23 bits per heavy atom. The van der Waals surface area contributed by atoms with E-state index in [2.05, 4.69) is 32.6 Å². The zero-order chi connectivity index (χ0) is 9.59. The van der Waals surface area contributed by atoms with Crippen LogP contribution in [-0.2, 0) is 0 Å². The predicted molar refractivity (Wildman–Crippen MR) is 56.7 cm³/mol. The fourth-order valence-electron chi connectivity index (χ4n) is 3.71. The van der Waals surface area contributed by atoms with Crippen molar-refractivity contribution in [2.75, 3.05) is 0 Å². The van der Waals surface area contributed by atoms with Gasteiger partial charge in [0.1, 0.15) is 0 Å². The quantitative estimate of drug-likeness (QED) is 0.633. The fourth-order valence-corrected chi connectivity index (χ4v) is 3.71. The first-order valence-electron chi connectivity index (χ1n) is 5.88. The number of likely N-dealkylation sites (tertiary alicyclic amines) is 1. The number of piperidine rings is 1. The Bertz CT molecular complexity index is 166. The van der Waals surface area contributed by atoms with Crippen LogP contribution in [0.2, 0.25) is 0 Å².